The first-order valence-electron chi connectivity index (χ1n) is 10.8. The van der Waals surface area contributed by atoms with Crippen LogP contribution < -0.4 is 0 Å². The highest BCUT2D eigenvalue weighted by molar-refractivity contribution is 6.05. The van der Waals surface area contributed by atoms with E-state index in [1.54, 1.807) is 0 Å². The topological polar surface area (TPSA) is 34.1 Å². The van der Waals surface area contributed by atoms with Gasteiger partial charge in [-0.25, -0.2) is 0 Å². The molecule has 2 heteroatoms. The lowest BCUT2D eigenvalue weighted by atomic mass is 9.87. The summed E-state index contributed by atoms with van der Waals surface area (Å²) >= 11 is 0. The number of carbonyl (C=O) groups excluding carboxylic acids is 2. The van der Waals surface area contributed by atoms with Crippen molar-refractivity contribution in [3.63, 3.8) is 0 Å². The molecule has 0 aliphatic rings. The SMILES string of the molecule is C=CC(=O)c1ccc(C(CCCC)=C(CCCC)c2ccc(C(=O)C=C)cc2)cc1. The van der Waals surface area contributed by atoms with E-state index in [4.69, 9.17) is 0 Å². The Balaban J connectivity index is 2.56. The summed E-state index contributed by atoms with van der Waals surface area (Å²) in [5.41, 5.74) is 6.27. The predicted octanol–water partition coefficient (Wildman–Crippen LogP) is 7.72. The number of allylic oxidation sites excluding steroid dienone is 4. The van der Waals surface area contributed by atoms with E-state index in [1.165, 1.54) is 23.3 Å². The summed E-state index contributed by atoms with van der Waals surface area (Å²) in [6, 6.07) is 15.7. The molecule has 0 saturated carbocycles. The van der Waals surface area contributed by atoms with Crippen molar-refractivity contribution in [1.29, 1.82) is 0 Å². The molecular weight excluding hydrogens is 368 g/mol. The highest BCUT2D eigenvalue weighted by Crippen LogP contribution is 2.34. The Morgan fingerprint density at radius 1 is 0.633 bits per heavy atom. The van der Waals surface area contributed by atoms with Crippen molar-refractivity contribution in [2.75, 3.05) is 0 Å². The first-order chi connectivity index (χ1) is 14.5. The number of rotatable bonds is 12. The van der Waals surface area contributed by atoms with Crippen LogP contribution in [0, 0.1) is 0 Å². The predicted molar refractivity (Wildman–Crippen MR) is 128 cm³/mol. The molecule has 0 N–H and O–H groups in total. The number of ketones is 2. The van der Waals surface area contributed by atoms with Gasteiger partial charge in [-0.2, -0.15) is 0 Å². The highest BCUT2D eigenvalue weighted by Gasteiger charge is 2.13. The van der Waals surface area contributed by atoms with Gasteiger partial charge < -0.3 is 0 Å². The normalized spacial score (nSPS) is 11.5. The smallest absolute Gasteiger partial charge is 0.185 e. The van der Waals surface area contributed by atoms with Crippen molar-refractivity contribution in [1.82, 2.24) is 0 Å². The van der Waals surface area contributed by atoms with Crippen molar-refractivity contribution in [3.8, 4) is 0 Å². The fourth-order valence-corrected chi connectivity index (χ4v) is 3.55. The molecule has 0 aliphatic carbocycles. The van der Waals surface area contributed by atoms with E-state index in [0.29, 0.717) is 11.1 Å². The van der Waals surface area contributed by atoms with Crippen LogP contribution in [0.3, 0.4) is 0 Å². The van der Waals surface area contributed by atoms with Gasteiger partial charge >= 0.3 is 0 Å². The van der Waals surface area contributed by atoms with Gasteiger partial charge in [-0.3, -0.25) is 9.59 Å². The third kappa shape index (κ3) is 6.00. The van der Waals surface area contributed by atoms with Crippen LogP contribution in [0.4, 0.5) is 0 Å². The Bertz CT molecular complexity index is 835. The largest absolute Gasteiger partial charge is 0.289 e. The maximum Gasteiger partial charge on any atom is 0.185 e. The summed E-state index contributed by atoms with van der Waals surface area (Å²) < 4.78 is 0. The van der Waals surface area contributed by atoms with Crippen LogP contribution in [-0.2, 0) is 0 Å². The fraction of sp³-hybridized carbons (Fsp3) is 0.286. The Hall–Kier alpha value is -3.00. The third-order valence-electron chi connectivity index (χ3n) is 5.33. The minimum Gasteiger partial charge on any atom is -0.289 e. The molecule has 0 radical (unpaired) electrons. The van der Waals surface area contributed by atoms with Crippen LogP contribution in [0.5, 0.6) is 0 Å². The molecule has 2 aromatic carbocycles. The van der Waals surface area contributed by atoms with E-state index in [2.05, 4.69) is 27.0 Å². The van der Waals surface area contributed by atoms with E-state index in [0.717, 1.165) is 49.7 Å². The standard InChI is InChI=1S/C28H32O2/c1-5-9-11-25(21-13-17-23(18-14-21)27(29)7-3)26(12-10-6-2)22-15-19-24(20-16-22)28(30)8-4/h7-8,13-20H,3-6,9-12H2,1-2H3. The van der Waals surface area contributed by atoms with Crippen molar-refractivity contribution < 1.29 is 9.59 Å². The Morgan fingerprint density at radius 3 is 1.20 bits per heavy atom. The Labute approximate surface area is 181 Å². The van der Waals surface area contributed by atoms with Gasteiger partial charge in [-0.1, -0.05) is 88.4 Å². The van der Waals surface area contributed by atoms with Crippen LogP contribution in [0.15, 0.2) is 73.8 Å². The summed E-state index contributed by atoms with van der Waals surface area (Å²) in [7, 11) is 0. The Kier molecular flexibility index (Phi) is 9.21. The van der Waals surface area contributed by atoms with Gasteiger partial charge in [0.05, 0.1) is 0 Å². The molecule has 0 atom stereocenters. The molecule has 156 valence electrons. The maximum absolute atomic E-state index is 11.9. The zero-order valence-corrected chi connectivity index (χ0v) is 18.2. The second kappa shape index (κ2) is 11.9. The summed E-state index contributed by atoms with van der Waals surface area (Å²) in [4.78, 5) is 23.8. The molecule has 2 rings (SSSR count). The molecule has 0 aromatic heterocycles. The lowest BCUT2D eigenvalue weighted by molar-refractivity contribution is 0.103. The first-order valence-corrected chi connectivity index (χ1v) is 10.8. The van der Waals surface area contributed by atoms with E-state index in [9.17, 15) is 9.59 Å². The summed E-state index contributed by atoms with van der Waals surface area (Å²) in [5.74, 6) is -0.122. The summed E-state index contributed by atoms with van der Waals surface area (Å²) in [6.45, 7) is 11.5. The van der Waals surface area contributed by atoms with Crippen LogP contribution in [0.1, 0.15) is 84.2 Å². The van der Waals surface area contributed by atoms with Crippen LogP contribution in [-0.4, -0.2) is 11.6 Å². The van der Waals surface area contributed by atoms with Gasteiger partial charge in [0.15, 0.2) is 11.6 Å². The number of benzene rings is 2. The molecule has 0 fully saturated rings. The first kappa shape index (κ1) is 23.3. The second-order valence-electron chi connectivity index (χ2n) is 7.46. The molecule has 30 heavy (non-hydrogen) atoms. The van der Waals surface area contributed by atoms with Crippen molar-refractivity contribution in [2.45, 2.75) is 52.4 Å². The zero-order valence-electron chi connectivity index (χ0n) is 18.2. The fourth-order valence-electron chi connectivity index (χ4n) is 3.55. The zero-order chi connectivity index (χ0) is 21.9. The highest BCUT2D eigenvalue weighted by atomic mass is 16.1. The molecule has 2 nitrogen and oxygen atoms in total. The molecule has 2 aromatic rings. The monoisotopic (exact) mass is 400 g/mol. The molecule has 0 aliphatic heterocycles. The molecule has 0 unspecified atom stereocenters. The minimum atomic E-state index is -0.0608. The van der Waals surface area contributed by atoms with Gasteiger partial charge in [0.2, 0.25) is 0 Å². The molecule has 0 saturated heterocycles. The molecule has 0 heterocycles. The Morgan fingerprint density at radius 2 is 0.933 bits per heavy atom. The number of hydrogen-bond donors (Lipinski definition) is 0. The quantitative estimate of drug-likeness (QED) is 0.208. The van der Waals surface area contributed by atoms with Crippen LogP contribution >= 0.6 is 0 Å². The van der Waals surface area contributed by atoms with Gasteiger partial charge in [0.1, 0.15) is 0 Å². The number of hydrogen-bond acceptors (Lipinski definition) is 2. The number of unbranched alkanes of at least 4 members (excludes halogenated alkanes) is 2. The van der Waals surface area contributed by atoms with E-state index in [-0.39, 0.29) is 11.6 Å². The molecule has 0 amide bonds. The minimum absolute atomic E-state index is 0.0608. The van der Waals surface area contributed by atoms with Gasteiger partial charge in [0.25, 0.3) is 0 Å². The van der Waals surface area contributed by atoms with Crippen LogP contribution in [0.25, 0.3) is 11.1 Å². The average Bonchev–Trinajstić information content (AvgIpc) is 2.80. The molecule has 0 bridgehead atoms. The summed E-state index contributed by atoms with van der Waals surface area (Å²) in [6.07, 6.45) is 9.10. The van der Waals surface area contributed by atoms with Crippen molar-refractivity contribution >= 4 is 22.7 Å². The summed E-state index contributed by atoms with van der Waals surface area (Å²) in [5, 5.41) is 0. The van der Waals surface area contributed by atoms with Crippen LogP contribution in [0.2, 0.25) is 0 Å². The second-order valence-corrected chi connectivity index (χ2v) is 7.46. The lowest BCUT2D eigenvalue weighted by Gasteiger charge is -2.17. The third-order valence-corrected chi connectivity index (χ3v) is 5.33. The number of carbonyl (C=O) groups is 2. The van der Waals surface area contributed by atoms with E-state index >= 15 is 0 Å². The maximum atomic E-state index is 11.9. The van der Waals surface area contributed by atoms with E-state index < -0.39 is 0 Å². The van der Waals surface area contributed by atoms with Crippen molar-refractivity contribution in [2.24, 2.45) is 0 Å². The van der Waals surface area contributed by atoms with E-state index in [1.807, 2.05) is 48.5 Å². The average molecular weight is 401 g/mol. The van der Waals surface area contributed by atoms with Crippen molar-refractivity contribution in [3.05, 3.63) is 96.1 Å². The van der Waals surface area contributed by atoms with Gasteiger partial charge in [0, 0.05) is 11.1 Å². The van der Waals surface area contributed by atoms with Gasteiger partial charge in [-0.15, -0.1) is 0 Å². The lowest BCUT2D eigenvalue weighted by Crippen LogP contribution is -1.98. The molecular formula is C28H32O2. The van der Waals surface area contributed by atoms with Gasteiger partial charge in [-0.05, 0) is 60.1 Å². The molecule has 0 spiro atoms.